The number of nitrogens with zero attached hydrogens (tertiary/aromatic N) is 5. The van der Waals surface area contributed by atoms with Gasteiger partial charge in [0.25, 0.3) is 11.5 Å². The van der Waals surface area contributed by atoms with Crippen molar-refractivity contribution in [2.75, 3.05) is 54.6 Å². The maximum atomic E-state index is 14.0. The SMILES string of the molecule is Cn1cc(-c2cccc(N3CCNc4cc(C5CC5)ccc4C3=O)c2CO)cc(N(c2ccccn2)N2CCOCC2)c1=O. The lowest BCUT2D eigenvalue weighted by molar-refractivity contribution is 0.0374. The van der Waals surface area contributed by atoms with E-state index < -0.39 is 0 Å². The van der Waals surface area contributed by atoms with Crippen LogP contribution in [0.1, 0.15) is 40.2 Å². The molecule has 0 radical (unpaired) electrons. The molecule has 1 amide bonds. The third-order valence-electron chi connectivity index (χ3n) is 8.66. The number of amides is 1. The molecule has 1 saturated heterocycles. The van der Waals surface area contributed by atoms with Crippen molar-refractivity contribution in [3.05, 3.63) is 100 Å². The molecule has 2 aromatic heterocycles. The molecule has 2 N–H and O–H groups in total. The van der Waals surface area contributed by atoms with Crippen molar-refractivity contribution in [1.29, 1.82) is 0 Å². The van der Waals surface area contributed by atoms with Crippen LogP contribution in [0, 0.1) is 0 Å². The topological polar surface area (TPSA) is 103 Å². The van der Waals surface area contributed by atoms with Crippen LogP contribution in [0.3, 0.4) is 0 Å². The van der Waals surface area contributed by atoms with Crippen LogP contribution in [-0.4, -0.2) is 65.0 Å². The van der Waals surface area contributed by atoms with Gasteiger partial charge < -0.3 is 24.6 Å². The second kappa shape index (κ2) is 11.9. The van der Waals surface area contributed by atoms with E-state index in [1.807, 2.05) is 53.5 Å². The first-order valence-electron chi connectivity index (χ1n) is 15.2. The maximum Gasteiger partial charge on any atom is 0.275 e. The fourth-order valence-corrected chi connectivity index (χ4v) is 6.26. The van der Waals surface area contributed by atoms with Crippen molar-refractivity contribution in [1.82, 2.24) is 14.6 Å². The van der Waals surface area contributed by atoms with E-state index in [2.05, 4.69) is 27.4 Å². The van der Waals surface area contributed by atoms with Gasteiger partial charge in [0, 0.05) is 62.4 Å². The van der Waals surface area contributed by atoms with Gasteiger partial charge in [0.1, 0.15) is 11.5 Å². The minimum absolute atomic E-state index is 0.103. The van der Waals surface area contributed by atoms with Crippen molar-refractivity contribution in [2.24, 2.45) is 7.05 Å². The average molecular weight is 593 g/mol. The molecule has 0 spiro atoms. The number of pyridine rings is 2. The van der Waals surface area contributed by atoms with Gasteiger partial charge in [-0.2, -0.15) is 0 Å². The number of hydrogen-bond acceptors (Lipinski definition) is 8. The zero-order valence-corrected chi connectivity index (χ0v) is 24.8. The number of benzene rings is 2. The summed E-state index contributed by atoms with van der Waals surface area (Å²) in [7, 11) is 1.73. The number of hydrazine groups is 1. The monoisotopic (exact) mass is 592 g/mol. The Kier molecular flexibility index (Phi) is 7.63. The van der Waals surface area contributed by atoms with Gasteiger partial charge in [-0.25, -0.2) is 9.99 Å². The Hall–Kier alpha value is -4.51. The molecule has 2 aromatic carbocycles. The summed E-state index contributed by atoms with van der Waals surface area (Å²) in [6.07, 6.45) is 5.89. The quantitative estimate of drug-likeness (QED) is 0.328. The number of nitrogens with one attached hydrogen (secondary N) is 1. The Bertz CT molecular complexity index is 1750. The minimum Gasteiger partial charge on any atom is -0.392 e. The number of aromatic nitrogens is 2. The molecular weight excluding hydrogens is 556 g/mol. The second-order valence-corrected chi connectivity index (χ2v) is 11.5. The van der Waals surface area contributed by atoms with Crippen LogP contribution in [0.25, 0.3) is 11.1 Å². The maximum absolute atomic E-state index is 14.0. The number of ether oxygens (including phenoxy) is 1. The van der Waals surface area contributed by atoms with Gasteiger partial charge in [0.05, 0.1) is 31.1 Å². The van der Waals surface area contributed by atoms with Crippen LogP contribution in [0.4, 0.5) is 22.9 Å². The van der Waals surface area contributed by atoms with Gasteiger partial charge in [-0.3, -0.25) is 14.6 Å². The van der Waals surface area contributed by atoms with Crippen LogP contribution >= 0.6 is 0 Å². The highest BCUT2D eigenvalue weighted by molar-refractivity contribution is 6.11. The smallest absolute Gasteiger partial charge is 0.275 e. The van der Waals surface area contributed by atoms with Crippen LogP contribution in [0.15, 0.2) is 77.9 Å². The first kappa shape index (κ1) is 28.3. The van der Waals surface area contributed by atoms with Gasteiger partial charge >= 0.3 is 0 Å². The van der Waals surface area contributed by atoms with Gasteiger partial charge in [0.2, 0.25) is 0 Å². The molecule has 4 aromatic rings. The zero-order chi connectivity index (χ0) is 30.2. The molecule has 226 valence electrons. The lowest BCUT2D eigenvalue weighted by Crippen LogP contribution is -2.48. The highest BCUT2D eigenvalue weighted by Crippen LogP contribution is 2.42. The summed E-state index contributed by atoms with van der Waals surface area (Å²) in [5.74, 6) is 1.12. The van der Waals surface area contributed by atoms with Crippen molar-refractivity contribution in [3.63, 3.8) is 0 Å². The molecular formula is C34H36N6O4. The third kappa shape index (κ3) is 5.25. The summed E-state index contributed by atoms with van der Waals surface area (Å²) in [5.41, 5.74) is 5.80. The molecule has 0 atom stereocenters. The summed E-state index contributed by atoms with van der Waals surface area (Å²) in [4.78, 5) is 33.9. The number of carbonyl (C=O) groups is 1. The standard InChI is InChI=1S/C34H36N6O4/c1-37-21-25(20-31(34(37)43)40(32-7-2-3-12-36-32)38-15-17-44-18-16-38)26-5-4-6-30(28(26)22-41)39-14-13-35-29-19-24(23-8-9-23)10-11-27(29)33(39)42/h2-7,10-12,19-21,23,35,41H,8-9,13-18,22H2,1H3. The lowest BCUT2D eigenvalue weighted by Gasteiger charge is -2.37. The van der Waals surface area contributed by atoms with E-state index in [9.17, 15) is 14.7 Å². The number of fused-ring (bicyclic) bond motifs is 1. The van der Waals surface area contributed by atoms with E-state index in [4.69, 9.17) is 4.74 Å². The molecule has 1 aliphatic carbocycles. The largest absolute Gasteiger partial charge is 0.392 e. The van der Waals surface area contributed by atoms with E-state index in [0.29, 0.717) is 73.6 Å². The van der Waals surface area contributed by atoms with Gasteiger partial charge in [-0.05, 0) is 66.3 Å². The summed E-state index contributed by atoms with van der Waals surface area (Å²) in [6.45, 7) is 3.07. The summed E-state index contributed by atoms with van der Waals surface area (Å²) in [5, 5.41) is 18.2. The molecule has 7 rings (SSSR count). The van der Waals surface area contributed by atoms with Gasteiger partial charge in [0.15, 0.2) is 0 Å². The number of hydrogen-bond donors (Lipinski definition) is 2. The number of aliphatic hydroxyl groups excluding tert-OH is 1. The molecule has 3 aliphatic rings. The number of aliphatic hydroxyl groups is 1. The Balaban J connectivity index is 1.30. The van der Waals surface area contributed by atoms with E-state index >= 15 is 0 Å². The van der Waals surface area contributed by atoms with Crippen LogP contribution in [0.2, 0.25) is 0 Å². The van der Waals surface area contributed by atoms with Gasteiger partial charge in [-0.1, -0.05) is 24.3 Å². The molecule has 10 nitrogen and oxygen atoms in total. The summed E-state index contributed by atoms with van der Waals surface area (Å²) in [6, 6.07) is 19.3. The fraction of sp³-hybridized carbons (Fsp3) is 0.324. The van der Waals surface area contributed by atoms with Crippen LogP contribution in [-0.2, 0) is 18.4 Å². The highest BCUT2D eigenvalue weighted by atomic mass is 16.5. The minimum atomic E-state index is -0.276. The molecule has 10 heteroatoms. The summed E-state index contributed by atoms with van der Waals surface area (Å²) >= 11 is 0. The number of aryl methyl sites for hydroxylation is 1. The predicted molar refractivity (Wildman–Crippen MR) is 170 cm³/mol. The molecule has 2 fully saturated rings. The molecule has 0 bridgehead atoms. The third-order valence-corrected chi connectivity index (χ3v) is 8.66. The summed E-state index contributed by atoms with van der Waals surface area (Å²) < 4.78 is 7.15. The lowest BCUT2D eigenvalue weighted by atomic mass is 9.98. The highest BCUT2D eigenvalue weighted by Gasteiger charge is 2.30. The molecule has 1 saturated carbocycles. The zero-order valence-electron chi connectivity index (χ0n) is 24.8. The first-order valence-corrected chi connectivity index (χ1v) is 15.2. The fourth-order valence-electron chi connectivity index (χ4n) is 6.26. The van der Waals surface area contributed by atoms with Crippen molar-refractivity contribution >= 4 is 28.8 Å². The second-order valence-electron chi connectivity index (χ2n) is 11.5. The van der Waals surface area contributed by atoms with Gasteiger partial charge in [-0.15, -0.1) is 0 Å². The number of carbonyl (C=O) groups excluding carboxylic acids is 1. The first-order chi connectivity index (χ1) is 21.5. The van der Waals surface area contributed by atoms with E-state index in [-0.39, 0.29) is 18.1 Å². The van der Waals surface area contributed by atoms with E-state index in [1.165, 1.54) is 18.4 Å². The van der Waals surface area contributed by atoms with Crippen LogP contribution < -0.4 is 20.8 Å². The Morgan fingerprint density at radius 2 is 1.84 bits per heavy atom. The normalized spacial score (nSPS) is 17.1. The molecule has 2 aliphatic heterocycles. The molecule has 4 heterocycles. The average Bonchev–Trinajstić information content (AvgIpc) is 3.92. The van der Waals surface area contributed by atoms with Crippen LogP contribution in [0.5, 0.6) is 0 Å². The number of anilines is 4. The molecule has 0 unspecified atom stereocenters. The Morgan fingerprint density at radius 1 is 1.00 bits per heavy atom. The Morgan fingerprint density at radius 3 is 2.59 bits per heavy atom. The number of rotatable bonds is 7. The van der Waals surface area contributed by atoms with Crippen molar-refractivity contribution < 1.29 is 14.6 Å². The Labute approximate surface area is 256 Å². The van der Waals surface area contributed by atoms with Crippen molar-refractivity contribution in [2.45, 2.75) is 25.4 Å². The van der Waals surface area contributed by atoms with E-state index in [0.717, 1.165) is 16.8 Å². The van der Waals surface area contributed by atoms with E-state index in [1.54, 1.807) is 28.9 Å². The predicted octanol–water partition coefficient (Wildman–Crippen LogP) is 4.27. The van der Waals surface area contributed by atoms with Crippen molar-refractivity contribution in [3.8, 4) is 11.1 Å². The number of morpholine rings is 1. The molecule has 44 heavy (non-hydrogen) atoms.